The fourth-order valence-electron chi connectivity index (χ4n) is 3.18. The van der Waals surface area contributed by atoms with Gasteiger partial charge in [-0.15, -0.1) is 10.2 Å². The summed E-state index contributed by atoms with van der Waals surface area (Å²) in [7, 11) is 0. The standard InChI is InChI=1S/C14H18N6O/c21-14(10-4-5-13-17-15-9-19(13)8-10)16-12-7-11-3-1-2-6-20(11)18-12/h7,9-10H,1-6,8H2,(H,16,18,21). The van der Waals surface area contributed by atoms with Gasteiger partial charge in [-0.25, -0.2) is 0 Å². The number of carbonyl (C=O) groups excluding carboxylic acids is 1. The fraction of sp³-hybridized carbons (Fsp3) is 0.571. The van der Waals surface area contributed by atoms with Crippen LogP contribution in [0.4, 0.5) is 5.82 Å². The van der Waals surface area contributed by atoms with E-state index in [2.05, 4.69) is 20.6 Å². The molecule has 2 aromatic rings. The molecule has 7 heteroatoms. The van der Waals surface area contributed by atoms with E-state index >= 15 is 0 Å². The molecular formula is C14H18N6O. The van der Waals surface area contributed by atoms with Crippen molar-refractivity contribution in [3.05, 3.63) is 23.9 Å². The van der Waals surface area contributed by atoms with Crippen LogP contribution in [0.15, 0.2) is 12.4 Å². The maximum Gasteiger partial charge on any atom is 0.230 e. The molecule has 1 N–H and O–H groups in total. The van der Waals surface area contributed by atoms with Crippen LogP contribution < -0.4 is 5.32 Å². The fourth-order valence-corrected chi connectivity index (χ4v) is 3.18. The Morgan fingerprint density at radius 3 is 3.19 bits per heavy atom. The van der Waals surface area contributed by atoms with Gasteiger partial charge in [0, 0.05) is 31.3 Å². The van der Waals surface area contributed by atoms with Crippen LogP contribution in [0, 0.1) is 5.92 Å². The van der Waals surface area contributed by atoms with Gasteiger partial charge in [0.2, 0.25) is 5.91 Å². The summed E-state index contributed by atoms with van der Waals surface area (Å²) in [4.78, 5) is 12.4. The van der Waals surface area contributed by atoms with Gasteiger partial charge in [0.1, 0.15) is 12.2 Å². The molecule has 2 aromatic heterocycles. The van der Waals surface area contributed by atoms with Gasteiger partial charge in [-0.1, -0.05) is 0 Å². The molecule has 0 radical (unpaired) electrons. The van der Waals surface area contributed by atoms with Crippen molar-refractivity contribution >= 4 is 11.7 Å². The van der Waals surface area contributed by atoms with Gasteiger partial charge in [0.25, 0.3) is 0 Å². The minimum absolute atomic E-state index is 0.0350. The topological polar surface area (TPSA) is 77.6 Å². The first kappa shape index (κ1) is 12.6. The highest BCUT2D eigenvalue weighted by atomic mass is 16.2. The van der Waals surface area contributed by atoms with Gasteiger partial charge in [0.05, 0.1) is 5.92 Å². The zero-order valence-corrected chi connectivity index (χ0v) is 11.8. The van der Waals surface area contributed by atoms with Crippen molar-refractivity contribution in [1.82, 2.24) is 24.5 Å². The van der Waals surface area contributed by atoms with E-state index in [0.717, 1.165) is 31.6 Å². The summed E-state index contributed by atoms with van der Waals surface area (Å²) in [6, 6.07) is 2.00. The molecule has 4 rings (SSSR count). The van der Waals surface area contributed by atoms with Crippen molar-refractivity contribution < 1.29 is 4.79 Å². The number of nitrogens with zero attached hydrogens (tertiary/aromatic N) is 5. The second-order valence-corrected chi connectivity index (χ2v) is 5.83. The Kier molecular flexibility index (Phi) is 2.98. The summed E-state index contributed by atoms with van der Waals surface area (Å²) in [5.41, 5.74) is 1.22. The van der Waals surface area contributed by atoms with E-state index in [1.807, 2.05) is 15.3 Å². The molecule has 110 valence electrons. The normalized spacial score (nSPS) is 20.7. The van der Waals surface area contributed by atoms with Crippen LogP contribution in [-0.4, -0.2) is 30.5 Å². The number of nitrogens with one attached hydrogen (secondary N) is 1. The van der Waals surface area contributed by atoms with Crippen LogP contribution in [0.3, 0.4) is 0 Å². The molecule has 0 saturated heterocycles. The van der Waals surface area contributed by atoms with Gasteiger partial charge < -0.3 is 9.88 Å². The molecule has 0 spiro atoms. The van der Waals surface area contributed by atoms with Gasteiger partial charge in [-0.3, -0.25) is 9.48 Å². The van der Waals surface area contributed by atoms with Crippen molar-refractivity contribution in [3.8, 4) is 0 Å². The third-order valence-electron chi connectivity index (χ3n) is 4.37. The van der Waals surface area contributed by atoms with Crippen LogP contribution in [0.25, 0.3) is 0 Å². The number of hydrogen-bond donors (Lipinski definition) is 1. The molecule has 1 amide bonds. The second-order valence-electron chi connectivity index (χ2n) is 5.83. The molecule has 2 aliphatic rings. The highest BCUT2D eigenvalue weighted by Gasteiger charge is 2.26. The molecule has 0 aliphatic carbocycles. The molecule has 0 saturated carbocycles. The Bertz CT molecular complexity index is 649. The Balaban J connectivity index is 1.45. The summed E-state index contributed by atoms with van der Waals surface area (Å²) in [5, 5.41) is 15.4. The molecule has 21 heavy (non-hydrogen) atoms. The number of amides is 1. The lowest BCUT2D eigenvalue weighted by Crippen LogP contribution is -2.31. The largest absolute Gasteiger partial charge is 0.317 e. The average molecular weight is 286 g/mol. The van der Waals surface area contributed by atoms with Gasteiger partial charge in [-0.05, 0) is 25.7 Å². The van der Waals surface area contributed by atoms with Crippen molar-refractivity contribution in [2.75, 3.05) is 5.32 Å². The minimum Gasteiger partial charge on any atom is -0.317 e. The average Bonchev–Trinajstić information content (AvgIpc) is 3.11. The maximum atomic E-state index is 12.4. The monoisotopic (exact) mass is 286 g/mol. The van der Waals surface area contributed by atoms with E-state index in [1.165, 1.54) is 18.5 Å². The lowest BCUT2D eigenvalue weighted by Gasteiger charge is -2.21. The number of anilines is 1. The van der Waals surface area contributed by atoms with Crippen LogP contribution >= 0.6 is 0 Å². The summed E-state index contributed by atoms with van der Waals surface area (Å²) < 4.78 is 3.98. The number of fused-ring (bicyclic) bond motifs is 2. The van der Waals surface area contributed by atoms with E-state index < -0.39 is 0 Å². The quantitative estimate of drug-likeness (QED) is 0.894. The number of aromatic nitrogens is 5. The van der Waals surface area contributed by atoms with Crippen molar-refractivity contribution in [2.45, 2.75) is 45.2 Å². The van der Waals surface area contributed by atoms with E-state index in [0.29, 0.717) is 12.4 Å². The number of carbonyl (C=O) groups is 1. The Morgan fingerprint density at radius 1 is 1.33 bits per heavy atom. The van der Waals surface area contributed by atoms with E-state index in [4.69, 9.17) is 0 Å². The zero-order valence-electron chi connectivity index (χ0n) is 11.8. The predicted molar refractivity (Wildman–Crippen MR) is 75.6 cm³/mol. The van der Waals surface area contributed by atoms with Gasteiger partial charge >= 0.3 is 0 Å². The van der Waals surface area contributed by atoms with E-state index in [9.17, 15) is 4.79 Å². The number of aryl methyl sites for hydroxylation is 3. The molecule has 0 fully saturated rings. The van der Waals surface area contributed by atoms with Crippen LogP contribution in [0.5, 0.6) is 0 Å². The summed E-state index contributed by atoms with van der Waals surface area (Å²) >= 11 is 0. The number of rotatable bonds is 2. The molecule has 1 atom stereocenters. The van der Waals surface area contributed by atoms with Crippen molar-refractivity contribution in [1.29, 1.82) is 0 Å². The Hall–Kier alpha value is -2.18. The van der Waals surface area contributed by atoms with Crippen LogP contribution in [0.1, 0.15) is 30.8 Å². The predicted octanol–water partition coefficient (Wildman–Crippen LogP) is 1.01. The van der Waals surface area contributed by atoms with Crippen molar-refractivity contribution in [3.63, 3.8) is 0 Å². The summed E-state index contributed by atoms with van der Waals surface area (Å²) in [6.07, 6.45) is 6.75. The highest BCUT2D eigenvalue weighted by Crippen LogP contribution is 2.21. The first-order valence-electron chi connectivity index (χ1n) is 7.54. The smallest absolute Gasteiger partial charge is 0.230 e. The maximum absolute atomic E-state index is 12.4. The molecule has 1 unspecified atom stereocenters. The van der Waals surface area contributed by atoms with Crippen LogP contribution in [0.2, 0.25) is 0 Å². The first-order valence-corrected chi connectivity index (χ1v) is 7.54. The summed E-state index contributed by atoms with van der Waals surface area (Å²) in [5.74, 6) is 1.67. The minimum atomic E-state index is -0.0350. The highest BCUT2D eigenvalue weighted by molar-refractivity contribution is 5.91. The molecule has 0 aromatic carbocycles. The van der Waals surface area contributed by atoms with E-state index in [1.54, 1.807) is 6.33 Å². The SMILES string of the molecule is O=C(Nc1cc2n(n1)CCCC2)C1CCc2nncn2C1. The Morgan fingerprint density at radius 2 is 2.29 bits per heavy atom. The van der Waals surface area contributed by atoms with Gasteiger partial charge in [0.15, 0.2) is 5.82 Å². The molecular weight excluding hydrogens is 268 g/mol. The zero-order chi connectivity index (χ0) is 14.2. The van der Waals surface area contributed by atoms with Crippen LogP contribution in [-0.2, 0) is 30.7 Å². The molecule has 2 aliphatic heterocycles. The third kappa shape index (κ3) is 2.32. The number of hydrogen-bond acceptors (Lipinski definition) is 4. The molecule has 7 nitrogen and oxygen atoms in total. The van der Waals surface area contributed by atoms with Crippen molar-refractivity contribution in [2.24, 2.45) is 5.92 Å². The molecule has 0 bridgehead atoms. The first-order chi connectivity index (χ1) is 10.3. The van der Waals surface area contributed by atoms with Gasteiger partial charge in [-0.2, -0.15) is 5.10 Å². The Labute approximate surface area is 122 Å². The van der Waals surface area contributed by atoms with E-state index in [-0.39, 0.29) is 11.8 Å². The lowest BCUT2D eigenvalue weighted by atomic mass is 9.98. The summed E-state index contributed by atoms with van der Waals surface area (Å²) in [6.45, 7) is 1.61. The molecule has 4 heterocycles. The third-order valence-corrected chi connectivity index (χ3v) is 4.37. The second kappa shape index (κ2) is 4.98. The lowest BCUT2D eigenvalue weighted by molar-refractivity contribution is -0.120.